The van der Waals surface area contributed by atoms with Gasteiger partial charge in [-0.15, -0.1) is 0 Å². The number of anilines is 1. The van der Waals surface area contributed by atoms with Gasteiger partial charge in [-0.25, -0.2) is 0 Å². The lowest BCUT2D eigenvalue weighted by molar-refractivity contribution is -0.111. The second kappa shape index (κ2) is 7.93. The third-order valence-corrected chi connectivity index (χ3v) is 3.97. The molecule has 0 saturated carbocycles. The Kier molecular flexibility index (Phi) is 5.43. The molecule has 0 bridgehead atoms. The van der Waals surface area contributed by atoms with Crippen molar-refractivity contribution in [2.75, 3.05) is 18.5 Å². The largest absolute Gasteiger partial charge is 0.489 e. The summed E-state index contributed by atoms with van der Waals surface area (Å²) in [5.74, 6) is 0.256. The van der Waals surface area contributed by atoms with Crippen molar-refractivity contribution in [1.82, 2.24) is 0 Å². The second-order valence-electron chi connectivity index (χ2n) is 5.64. The number of amides is 2. The van der Waals surface area contributed by atoms with Crippen LogP contribution in [-0.2, 0) is 4.79 Å². The summed E-state index contributed by atoms with van der Waals surface area (Å²) >= 11 is 6.23. The molecule has 6 nitrogen and oxygen atoms in total. The van der Waals surface area contributed by atoms with Gasteiger partial charge in [0.15, 0.2) is 11.5 Å². The van der Waals surface area contributed by atoms with E-state index < -0.39 is 5.91 Å². The molecule has 0 fully saturated rings. The summed E-state index contributed by atoms with van der Waals surface area (Å²) < 4.78 is 11.2. The molecule has 0 aliphatic carbocycles. The predicted octanol–water partition coefficient (Wildman–Crippen LogP) is 3.25. The van der Waals surface area contributed by atoms with Crippen molar-refractivity contribution in [2.24, 2.45) is 5.73 Å². The maximum absolute atomic E-state index is 12.1. The minimum Gasteiger partial charge on any atom is -0.489 e. The Morgan fingerprint density at radius 2 is 1.85 bits per heavy atom. The predicted molar refractivity (Wildman–Crippen MR) is 99.7 cm³/mol. The summed E-state index contributed by atoms with van der Waals surface area (Å²) in [6, 6.07) is 9.79. The van der Waals surface area contributed by atoms with Gasteiger partial charge in [0, 0.05) is 23.7 Å². The average Bonchev–Trinajstić information content (AvgIpc) is 2.86. The molecule has 1 aliphatic heterocycles. The van der Waals surface area contributed by atoms with Crippen LogP contribution in [0.5, 0.6) is 11.5 Å². The van der Waals surface area contributed by atoms with E-state index in [-0.39, 0.29) is 5.91 Å². The van der Waals surface area contributed by atoms with Gasteiger partial charge in [0.05, 0.1) is 18.2 Å². The molecule has 0 atom stereocenters. The van der Waals surface area contributed by atoms with Gasteiger partial charge < -0.3 is 20.5 Å². The molecular weight excluding hydrogens is 356 g/mol. The molecular formula is C19H17ClN2O4. The number of carbonyl (C=O) groups excluding carboxylic acids is 2. The standard InChI is InChI=1S/C19H17ClN2O4/c20-15-10-12(11-16-18(15)26-9-1-8-25-16)2-7-17(23)22-14-5-3-13(4-6-14)19(21)24/h2-7,10-11H,1,8-9H2,(H2,21,24)(H,22,23)/b7-2+. The molecule has 2 aromatic rings. The number of rotatable bonds is 4. The lowest BCUT2D eigenvalue weighted by Gasteiger charge is -2.10. The molecule has 7 heteroatoms. The van der Waals surface area contributed by atoms with E-state index in [4.69, 9.17) is 26.8 Å². The number of benzene rings is 2. The summed E-state index contributed by atoms with van der Waals surface area (Å²) in [5, 5.41) is 3.14. The second-order valence-corrected chi connectivity index (χ2v) is 6.05. The van der Waals surface area contributed by atoms with Crippen LogP contribution in [0.1, 0.15) is 22.3 Å². The number of hydrogen-bond acceptors (Lipinski definition) is 4. The molecule has 0 saturated heterocycles. The molecule has 0 spiro atoms. The Balaban J connectivity index is 1.69. The van der Waals surface area contributed by atoms with E-state index >= 15 is 0 Å². The summed E-state index contributed by atoms with van der Waals surface area (Å²) in [5.41, 5.74) is 6.83. The van der Waals surface area contributed by atoms with Crippen LogP contribution in [-0.4, -0.2) is 25.0 Å². The van der Waals surface area contributed by atoms with E-state index in [1.54, 1.807) is 42.5 Å². The zero-order chi connectivity index (χ0) is 18.5. The number of fused-ring (bicyclic) bond motifs is 1. The maximum atomic E-state index is 12.1. The van der Waals surface area contributed by atoms with Crippen LogP contribution in [0.2, 0.25) is 5.02 Å². The van der Waals surface area contributed by atoms with Crippen LogP contribution < -0.4 is 20.5 Å². The number of ether oxygens (including phenoxy) is 2. The molecule has 0 unspecified atom stereocenters. The fourth-order valence-corrected chi connectivity index (χ4v) is 2.69. The van der Waals surface area contributed by atoms with E-state index in [0.717, 1.165) is 12.0 Å². The average molecular weight is 373 g/mol. The Bertz CT molecular complexity index is 863. The Labute approximate surface area is 155 Å². The number of carbonyl (C=O) groups is 2. The van der Waals surface area contributed by atoms with Crippen molar-refractivity contribution in [3.8, 4) is 11.5 Å². The van der Waals surface area contributed by atoms with E-state index in [0.29, 0.717) is 41.0 Å². The lowest BCUT2D eigenvalue weighted by atomic mass is 10.1. The molecule has 2 amide bonds. The molecule has 26 heavy (non-hydrogen) atoms. The van der Waals surface area contributed by atoms with Gasteiger partial charge in [0.25, 0.3) is 0 Å². The first kappa shape index (κ1) is 17.8. The van der Waals surface area contributed by atoms with Crippen molar-refractivity contribution in [1.29, 1.82) is 0 Å². The van der Waals surface area contributed by atoms with Crippen LogP contribution in [0, 0.1) is 0 Å². The number of primary amides is 1. The molecule has 1 aliphatic rings. The van der Waals surface area contributed by atoms with Gasteiger partial charge in [-0.3, -0.25) is 9.59 Å². The topological polar surface area (TPSA) is 90.7 Å². The van der Waals surface area contributed by atoms with Crippen molar-refractivity contribution in [3.63, 3.8) is 0 Å². The summed E-state index contributed by atoms with van der Waals surface area (Å²) in [7, 11) is 0. The van der Waals surface area contributed by atoms with Gasteiger partial charge in [-0.1, -0.05) is 11.6 Å². The Morgan fingerprint density at radius 1 is 1.12 bits per heavy atom. The Morgan fingerprint density at radius 3 is 2.58 bits per heavy atom. The zero-order valence-electron chi connectivity index (χ0n) is 13.8. The van der Waals surface area contributed by atoms with E-state index in [1.807, 2.05) is 0 Å². The quantitative estimate of drug-likeness (QED) is 0.806. The third kappa shape index (κ3) is 4.34. The summed E-state index contributed by atoms with van der Waals surface area (Å²) in [6.07, 6.45) is 3.80. The summed E-state index contributed by atoms with van der Waals surface area (Å²) in [4.78, 5) is 23.1. The monoisotopic (exact) mass is 372 g/mol. The van der Waals surface area contributed by atoms with E-state index in [2.05, 4.69) is 5.32 Å². The fraction of sp³-hybridized carbons (Fsp3) is 0.158. The highest BCUT2D eigenvalue weighted by atomic mass is 35.5. The van der Waals surface area contributed by atoms with Crippen LogP contribution in [0.3, 0.4) is 0 Å². The van der Waals surface area contributed by atoms with E-state index in [1.165, 1.54) is 6.08 Å². The van der Waals surface area contributed by atoms with E-state index in [9.17, 15) is 9.59 Å². The maximum Gasteiger partial charge on any atom is 0.248 e. The van der Waals surface area contributed by atoms with Crippen molar-refractivity contribution in [2.45, 2.75) is 6.42 Å². The minimum atomic E-state index is -0.519. The SMILES string of the molecule is NC(=O)c1ccc(NC(=O)/C=C/c2cc(Cl)c3c(c2)OCCCO3)cc1. The number of nitrogens with two attached hydrogens (primary N) is 1. The molecule has 0 aromatic heterocycles. The van der Waals surface area contributed by atoms with Gasteiger partial charge >= 0.3 is 0 Å². The number of nitrogens with one attached hydrogen (secondary N) is 1. The third-order valence-electron chi connectivity index (χ3n) is 3.69. The molecule has 0 radical (unpaired) electrons. The number of hydrogen-bond donors (Lipinski definition) is 2. The highest BCUT2D eigenvalue weighted by molar-refractivity contribution is 6.32. The van der Waals surface area contributed by atoms with Gasteiger partial charge in [-0.2, -0.15) is 0 Å². The first-order valence-corrected chi connectivity index (χ1v) is 8.39. The van der Waals surface area contributed by atoms with Crippen molar-refractivity contribution < 1.29 is 19.1 Å². The zero-order valence-corrected chi connectivity index (χ0v) is 14.6. The fourth-order valence-electron chi connectivity index (χ4n) is 2.42. The molecule has 1 heterocycles. The van der Waals surface area contributed by atoms with Crippen LogP contribution in [0.4, 0.5) is 5.69 Å². The normalized spacial score (nSPS) is 13.3. The van der Waals surface area contributed by atoms with Crippen LogP contribution in [0.15, 0.2) is 42.5 Å². The van der Waals surface area contributed by atoms with Crippen LogP contribution >= 0.6 is 11.6 Å². The minimum absolute atomic E-state index is 0.319. The van der Waals surface area contributed by atoms with Crippen LogP contribution in [0.25, 0.3) is 6.08 Å². The molecule has 134 valence electrons. The molecule has 2 aromatic carbocycles. The summed E-state index contributed by atoms with van der Waals surface area (Å²) in [6.45, 7) is 1.11. The lowest BCUT2D eigenvalue weighted by Crippen LogP contribution is -2.11. The molecule has 3 rings (SSSR count). The smallest absolute Gasteiger partial charge is 0.248 e. The number of halogens is 1. The van der Waals surface area contributed by atoms with Gasteiger partial charge in [-0.05, 0) is 48.0 Å². The first-order valence-electron chi connectivity index (χ1n) is 8.01. The van der Waals surface area contributed by atoms with Crippen molar-refractivity contribution in [3.05, 3.63) is 58.6 Å². The highest BCUT2D eigenvalue weighted by Crippen LogP contribution is 2.38. The highest BCUT2D eigenvalue weighted by Gasteiger charge is 2.15. The van der Waals surface area contributed by atoms with Crippen molar-refractivity contribution >= 4 is 35.2 Å². The van der Waals surface area contributed by atoms with Gasteiger partial charge in [0.1, 0.15) is 0 Å². The molecule has 3 N–H and O–H groups in total. The first-order chi connectivity index (χ1) is 12.5. The Hall–Kier alpha value is -2.99. The van der Waals surface area contributed by atoms with Gasteiger partial charge in [0.2, 0.25) is 11.8 Å².